The normalized spacial score (nSPS) is 12.7. The van der Waals surface area contributed by atoms with Crippen LogP contribution in [0.15, 0.2) is 47.8 Å². The lowest BCUT2D eigenvalue weighted by atomic mass is 10.1. The quantitative estimate of drug-likeness (QED) is 0.591. The second-order valence-corrected chi connectivity index (χ2v) is 9.42. The lowest BCUT2D eigenvalue weighted by molar-refractivity contribution is 0.310. The Morgan fingerprint density at radius 1 is 1.23 bits per heavy atom. The van der Waals surface area contributed by atoms with Crippen LogP contribution >= 0.6 is 0 Å². The summed E-state index contributed by atoms with van der Waals surface area (Å²) in [6.07, 6.45) is 1.16. The molecule has 0 amide bonds. The fourth-order valence-corrected chi connectivity index (χ4v) is 4.50. The number of aromatic nitrogens is 2. The first-order valence-electron chi connectivity index (χ1n) is 9.53. The topological polar surface area (TPSA) is 90.4 Å². The molecule has 0 saturated heterocycles. The van der Waals surface area contributed by atoms with E-state index in [0.717, 1.165) is 17.4 Å². The Balaban J connectivity index is 2.28. The van der Waals surface area contributed by atoms with Crippen molar-refractivity contribution in [2.45, 2.75) is 19.9 Å². The Labute approximate surface area is 175 Å². The van der Waals surface area contributed by atoms with Gasteiger partial charge in [-0.15, -0.1) is 0 Å². The Hall–Kier alpha value is -3.00. The summed E-state index contributed by atoms with van der Waals surface area (Å²) < 4.78 is 37.0. The fourth-order valence-electron chi connectivity index (χ4n) is 3.59. The van der Waals surface area contributed by atoms with Crippen molar-refractivity contribution in [3.63, 3.8) is 0 Å². The molecule has 0 spiro atoms. The lowest BCUT2D eigenvalue weighted by Gasteiger charge is -2.20. The van der Waals surface area contributed by atoms with Gasteiger partial charge in [0.05, 0.1) is 36.5 Å². The third-order valence-corrected chi connectivity index (χ3v) is 5.78. The van der Waals surface area contributed by atoms with Crippen LogP contribution in [0.5, 0.6) is 11.5 Å². The van der Waals surface area contributed by atoms with Crippen molar-refractivity contribution >= 4 is 26.4 Å². The number of para-hydroxylation sites is 1. The fraction of sp³-hybridized carbons (Fsp3) is 0.318. The van der Waals surface area contributed by atoms with Gasteiger partial charge < -0.3 is 14.5 Å². The molecule has 1 N–H and O–H groups in total. The molecule has 0 unspecified atom stereocenters. The molecular formula is C22H26N2O5S. The average Bonchev–Trinajstić information content (AvgIpc) is 3.01. The minimum absolute atomic E-state index is 0.241. The molecule has 0 fully saturated rings. The van der Waals surface area contributed by atoms with Crippen molar-refractivity contribution in [3.05, 3.63) is 64.6 Å². The van der Waals surface area contributed by atoms with Crippen LogP contribution in [0.2, 0.25) is 0 Å². The van der Waals surface area contributed by atoms with Gasteiger partial charge in [-0.1, -0.05) is 24.8 Å². The van der Waals surface area contributed by atoms with Gasteiger partial charge in [0.15, 0.2) is 11.5 Å². The van der Waals surface area contributed by atoms with Gasteiger partial charge in [0, 0.05) is 11.8 Å². The Morgan fingerprint density at radius 2 is 1.97 bits per heavy atom. The molecule has 0 aliphatic carbocycles. The first kappa shape index (κ1) is 21.7. The van der Waals surface area contributed by atoms with E-state index < -0.39 is 15.9 Å². The van der Waals surface area contributed by atoms with E-state index in [4.69, 9.17) is 9.47 Å². The van der Waals surface area contributed by atoms with Gasteiger partial charge in [0.25, 0.3) is 0 Å². The predicted octanol–water partition coefficient (Wildman–Crippen LogP) is 3.40. The molecule has 3 rings (SSSR count). The zero-order valence-corrected chi connectivity index (χ0v) is 18.4. The summed E-state index contributed by atoms with van der Waals surface area (Å²) in [6, 6.07) is 9.95. The van der Waals surface area contributed by atoms with E-state index in [0.29, 0.717) is 34.7 Å². The number of ether oxygens (including phenoxy) is 2. The average molecular weight is 431 g/mol. The van der Waals surface area contributed by atoms with Gasteiger partial charge in [-0.3, -0.25) is 4.57 Å². The molecule has 1 heterocycles. The van der Waals surface area contributed by atoms with Crippen LogP contribution in [0, 0.1) is 0 Å². The van der Waals surface area contributed by atoms with Crippen molar-refractivity contribution in [1.82, 2.24) is 9.55 Å². The summed E-state index contributed by atoms with van der Waals surface area (Å²) in [5.74, 6) is 0.788. The molecule has 1 atom stereocenters. The van der Waals surface area contributed by atoms with Gasteiger partial charge >= 0.3 is 5.69 Å². The van der Waals surface area contributed by atoms with Crippen LogP contribution in [0.1, 0.15) is 31.0 Å². The molecule has 1 aromatic heterocycles. The molecule has 160 valence electrons. The molecule has 0 aliphatic rings. The Kier molecular flexibility index (Phi) is 6.07. The number of H-pyrrole nitrogens is 1. The number of hydrogen-bond donors (Lipinski definition) is 1. The summed E-state index contributed by atoms with van der Waals surface area (Å²) in [7, 11) is -1.88. The number of nitrogens with one attached hydrogen (secondary N) is 1. The zero-order chi connectivity index (χ0) is 22.1. The number of rotatable bonds is 8. The number of fused-ring (bicyclic) bond motifs is 1. The van der Waals surface area contributed by atoms with Crippen LogP contribution in [0.4, 0.5) is 0 Å². The largest absolute Gasteiger partial charge is 0.493 e. The van der Waals surface area contributed by atoms with E-state index in [-0.39, 0.29) is 11.4 Å². The second-order valence-electron chi connectivity index (χ2n) is 7.23. The molecular weight excluding hydrogens is 404 g/mol. The minimum atomic E-state index is -3.41. The third kappa shape index (κ3) is 4.28. The number of aromatic amines is 1. The van der Waals surface area contributed by atoms with Gasteiger partial charge in [0.1, 0.15) is 9.84 Å². The maximum Gasteiger partial charge on any atom is 0.327 e. The highest BCUT2D eigenvalue weighted by atomic mass is 32.2. The number of methoxy groups -OCH3 is 1. The van der Waals surface area contributed by atoms with Gasteiger partial charge in [-0.2, -0.15) is 0 Å². The van der Waals surface area contributed by atoms with Crippen LogP contribution < -0.4 is 15.2 Å². The van der Waals surface area contributed by atoms with Crippen molar-refractivity contribution in [1.29, 1.82) is 0 Å². The Morgan fingerprint density at radius 3 is 2.57 bits per heavy atom. The highest BCUT2D eigenvalue weighted by Gasteiger charge is 2.25. The zero-order valence-electron chi connectivity index (χ0n) is 17.6. The molecule has 0 saturated carbocycles. The van der Waals surface area contributed by atoms with Gasteiger partial charge in [-0.25, -0.2) is 13.2 Å². The number of nitrogens with zero attached hydrogens (tertiary/aromatic N) is 1. The summed E-state index contributed by atoms with van der Waals surface area (Å²) in [5, 5.41) is 0. The van der Waals surface area contributed by atoms with Crippen LogP contribution in [0.3, 0.4) is 0 Å². The summed E-state index contributed by atoms with van der Waals surface area (Å²) in [4.78, 5) is 15.8. The molecule has 0 aliphatic heterocycles. The number of benzene rings is 2. The monoisotopic (exact) mass is 430 g/mol. The summed E-state index contributed by atoms with van der Waals surface area (Å²) in [6.45, 7) is 8.10. The van der Waals surface area contributed by atoms with E-state index in [2.05, 4.69) is 11.6 Å². The maximum atomic E-state index is 13.0. The van der Waals surface area contributed by atoms with E-state index in [9.17, 15) is 13.2 Å². The maximum absolute atomic E-state index is 13.0. The van der Waals surface area contributed by atoms with Gasteiger partial charge in [-0.05, 0) is 43.2 Å². The number of imidazole rings is 1. The lowest BCUT2D eigenvalue weighted by Crippen LogP contribution is -2.28. The molecule has 0 radical (unpaired) electrons. The smallest absolute Gasteiger partial charge is 0.327 e. The van der Waals surface area contributed by atoms with Crippen molar-refractivity contribution in [2.24, 2.45) is 0 Å². The SMILES string of the molecule is C=C(C)c1cccc2c1[nH]c(=O)n2[C@@H](CS(C)(=O)=O)c1ccc(OC)c(OCC)c1. The number of hydrogen-bond acceptors (Lipinski definition) is 5. The molecule has 7 nitrogen and oxygen atoms in total. The molecule has 2 aromatic carbocycles. The standard InChI is InChI=1S/C22H26N2O5S/c1-6-29-20-12-15(10-11-19(20)28-4)18(13-30(5,26)27)24-17-9-7-8-16(14(2)3)21(17)23-22(24)25/h7-12,18H,2,6,13H2,1,3-5H3,(H,23,25)/t18-/m0/s1. The van der Waals surface area contributed by atoms with Crippen LogP contribution in [0.25, 0.3) is 16.6 Å². The van der Waals surface area contributed by atoms with Gasteiger partial charge in [0.2, 0.25) is 0 Å². The molecule has 3 aromatic rings. The van der Waals surface area contributed by atoms with E-state index >= 15 is 0 Å². The first-order valence-corrected chi connectivity index (χ1v) is 11.6. The molecule has 30 heavy (non-hydrogen) atoms. The van der Waals surface area contributed by atoms with E-state index in [1.54, 1.807) is 24.3 Å². The third-order valence-electron chi connectivity index (χ3n) is 4.86. The van der Waals surface area contributed by atoms with Crippen molar-refractivity contribution in [3.8, 4) is 11.5 Å². The highest BCUT2D eigenvalue weighted by Crippen LogP contribution is 2.33. The summed E-state index contributed by atoms with van der Waals surface area (Å²) >= 11 is 0. The summed E-state index contributed by atoms with van der Waals surface area (Å²) in [5.41, 5.74) is 3.10. The van der Waals surface area contributed by atoms with E-state index in [1.165, 1.54) is 11.7 Å². The Bertz CT molecular complexity index is 1250. The van der Waals surface area contributed by atoms with Crippen molar-refractivity contribution in [2.75, 3.05) is 25.7 Å². The van der Waals surface area contributed by atoms with Crippen molar-refractivity contribution < 1.29 is 17.9 Å². The minimum Gasteiger partial charge on any atom is -0.493 e. The van der Waals surface area contributed by atoms with Crippen LogP contribution in [-0.2, 0) is 9.84 Å². The number of allylic oxidation sites excluding steroid dienone is 1. The second kappa shape index (κ2) is 8.39. The molecule has 0 bridgehead atoms. The number of sulfone groups is 1. The molecule has 8 heteroatoms. The predicted molar refractivity (Wildman–Crippen MR) is 119 cm³/mol. The van der Waals surface area contributed by atoms with E-state index in [1.807, 2.05) is 26.0 Å². The first-order chi connectivity index (χ1) is 14.2. The van der Waals surface area contributed by atoms with Crippen LogP contribution in [-0.4, -0.2) is 43.7 Å². The highest BCUT2D eigenvalue weighted by molar-refractivity contribution is 7.90.